The van der Waals surface area contributed by atoms with E-state index in [1.807, 2.05) is 0 Å². The summed E-state index contributed by atoms with van der Waals surface area (Å²) >= 11 is 0. The second-order valence-electron chi connectivity index (χ2n) is 5.79. The van der Waals surface area contributed by atoms with Gasteiger partial charge in [-0.25, -0.2) is 4.79 Å². The van der Waals surface area contributed by atoms with E-state index in [1.54, 1.807) is 13.8 Å². The number of benzene rings is 1. The Hall–Kier alpha value is -2.85. The van der Waals surface area contributed by atoms with Gasteiger partial charge in [-0.15, -0.1) is 0 Å². The molecular formula is C15H18F3N3O5. The average molecular weight is 377 g/mol. The minimum absolute atomic E-state index is 0.123. The number of nitro groups is 1. The van der Waals surface area contributed by atoms with Gasteiger partial charge < -0.3 is 15.7 Å². The molecule has 8 nitrogen and oxygen atoms in total. The lowest BCUT2D eigenvalue weighted by Gasteiger charge is -2.18. The lowest BCUT2D eigenvalue weighted by molar-refractivity contribution is -0.384. The van der Waals surface area contributed by atoms with Crippen molar-refractivity contribution in [2.24, 2.45) is 5.92 Å². The van der Waals surface area contributed by atoms with Gasteiger partial charge >= 0.3 is 12.1 Å². The zero-order valence-corrected chi connectivity index (χ0v) is 14.0. The van der Waals surface area contributed by atoms with Crippen molar-refractivity contribution in [1.82, 2.24) is 5.32 Å². The van der Waals surface area contributed by atoms with Crippen LogP contribution in [0.3, 0.4) is 0 Å². The second-order valence-corrected chi connectivity index (χ2v) is 5.79. The van der Waals surface area contributed by atoms with Gasteiger partial charge in [0.2, 0.25) is 5.91 Å². The Kier molecular flexibility index (Phi) is 6.93. The van der Waals surface area contributed by atoms with Gasteiger partial charge in [-0.3, -0.25) is 14.9 Å². The molecule has 26 heavy (non-hydrogen) atoms. The molecule has 0 radical (unpaired) electrons. The number of halogens is 3. The summed E-state index contributed by atoms with van der Waals surface area (Å²) in [6, 6.07) is 0.923. The zero-order valence-electron chi connectivity index (χ0n) is 14.0. The molecule has 0 fully saturated rings. The molecule has 1 aromatic rings. The van der Waals surface area contributed by atoms with Crippen molar-refractivity contribution in [2.45, 2.75) is 32.5 Å². The summed E-state index contributed by atoms with van der Waals surface area (Å²) in [5.74, 6) is -2.15. The zero-order chi connectivity index (χ0) is 20.1. The lowest BCUT2D eigenvalue weighted by atomic mass is 10.0. The van der Waals surface area contributed by atoms with Crippen molar-refractivity contribution < 1.29 is 32.8 Å². The van der Waals surface area contributed by atoms with Gasteiger partial charge in [-0.1, -0.05) is 13.8 Å². The van der Waals surface area contributed by atoms with E-state index in [2.05, 4.69) is 10.6 Å². The maximum Gasteiger partial charge on any atom is 0.416 e. The Bertz CT molecular complexity index is 692. The number of amides is 1. The molecular weight excluding hydrogens is 359 g/mol. The van der Waals surface area contributed by atoms with Crippen molar-refractivity contribution in [1.29, 1.82) is 0 Å². The summed E-state index contributed by atoms with van der Waals surface area (Å²) < 4.78 is 37.9. The number of carboxylic acid groups (broad SMARTS) is 1. The monoisotopic (exact) mass is 377 g/mol. The first kappa shape index (κ1) is 21.2. The van der Waals surface area contributed by atoms with E-state index in [4.69, 9.17) is 5.11 Å². The van der Waals surface area contributed by atoms with Gasteiger partial charge in [-0.05, 0) is 18.1 Å². The minimum atomic E-state index is -4.72. The van der Waals surface area contributed by atoms with Crippen molar-refractivity contribution in [2.75, 3.05) is 11.9 Å². The smallest absolute Gasteiger partial charge is 0.416 e. The number of alkyl halides is 3. The Morgan fingerprint density at radius 3 is 2.38 bits per heavy atom. The fourth-order valence-electron chi connectivity index (χ4n) is 2.08. The van der Waals surface area contributed by atoms with E-state index in [1.165, 1.54) is 0 Å². The molecule has 11 heteroatoms. The van der Waals surface area contributed by atoms with E-state index in [9.17, 15) is 32.9 Å². The number of anilines is 1. The standard InChI is InChI=1S/C15H18F3N3O5/c1-8(2)13(14(23)24)20-12(22)5-6-19-10-4-3-9(15(16,17)18)7-11(10)21(25)26/h3-4,7-8,13,19H,5-6H2,1-2H3,(H,20,22)(H,23,24)/t13-/m0/s1. The highest BCUT2D eigenvalue weighted by atomic mass is 19.4. The number of hydrogen-bond donors (Lipinski definition) is 3. The molecule has 144 valence electrons. The van der Waals surface area contributed by atoms with Crippen LogP contribution in [0.2, 0.25) is 0 Å². The number of nitrogens with one attached hydrogen (secondary N) is 2. The van der Waals surface area contributed by atoms with Crippen LogP contribution in [0.15, 0.2) is 18.2 Å². The third kappa shape index (κ3) is 5.90. The van der Waals surface area contributed by atoms with Crippen LogP contribution in [-0.2, 0) is 15.8 Å². The van der Waals surface area contributed by atoms with Gasteiger partial charge in [0.05, 0.1) is 10.5 Å². The topological polar surface area (TPSA) is 122 Å². The van der Waals surface area contributed by atoms with E-state index in [0.29, 0.717) is 12.1 Å². The summed E-state index contributed by atoms with van der Waals surface area (Å²) in [6.45, 7) is 3.11. The highest BCUT2D eigenvalue weighted by Gasteiger charge is 2.33. The number of aliphatic carboxylic acids is 1. The molecule has 0 saturated carbocycles. The number of nitro benzene ring substituents is 1. The van der Waals surface area contributed by atoms with Crippen molar-refractivity contribution in [3.05, 3.63) is 33.9 Å². The Morgan fingerprint density at radius 1 is 1.31 bits per heavy atom. The van der Waals surface area contributed by atoms with Crippen molar-refractivity contribution >= 4 is 23.3 Å². The van der Waals surface area contributed by atoms with Crippen LogP contribution < -0.4 is 10.6 Å². The summed E-state index contributed by atoms with van der Waals surface area (Å²) in [5, 5.41) is 24.8. The van der Waals surface area contributed by atoms with Crippen LogP contribution in [0, 0.1) is 16.0 Å². The first-order valence-corrected chi connectivity index (χ1v) is 7.55. The van der Waals surface area contributed by atoms with E-state index >= 15 is 0 Å². The molecule has 1 aromatic carbocycles. The first-order chi connectivity index (χ1) is 11.9. The Balaban J connectivity index is 2.74. The lowest BCUT2D eigenvalue weighted by Crippen LogP contribution is -2.44. The summed E-state index contributed by atoms with van der Waals surface area (Å²) in [4.78, 5) is 32.8. The quantitative estimate of drug-likeness (QED) is 0.473. The van der Waals surface area contributed by atoms with Crippen LogP contribution in [0.5, 0.6) is 0 Å². The molecule has 0 aromatic heterocycles. The molecule has 1 atom stereocenters. The Labute approximate surface area is 146 Å². The summed E-state index contributed by atoms with van der Waals surface area (Å²) in [5.41, 5.74) is -2.10. The van der Waals surface area contributed by atoms with Gasteiger partial charge in [0, 0.05) is 19.0 Å². The maximum absolute atomic E-state index is 12.6. The number of carboxylic acids is 1. The minimum Gasteiger partial charge on any atom is -0.480 e. The van der Waals surface area contributed by atoms with Crippen LogP contribution in [0.1, 0.15) is 25.8 Å². The summed E-state index contributed by atoms with van der Waals surface area (Å²) in [6.07, 6.45) is -4.93. The van der Waals surface area contributed by atoms with E-state index in [0.717, 1.165) is 6.07 Å². The number of nitrogens with zero attached hydrogens (tertiary/aromatic N) is 1. The summed E-state index contributed by atoms with van der Waals surface area (Å²) in [7, 11) is 0. The average Bonchev–Trinajstić information content (AvgIpc) is 2.51. The molecule has 0 saturated heterocycles. The highest BCUT2D eigenvalue weighted by Crippen LogP contribution is 2.34. The molecule has 0 aliphatic heterocycles. The fourth-order valence-corrected chi connectivity index (χ4v) is 2.08. The second kappa shape index (κ2) is 8.50. The molecule has 0 bridgehead atoms. The van der Waals surface area contributed by atoms with Crippen molar-refractivity contribution in [3.8, 4) is 0 Å². The third-order valence-electron chi connectivity index (χ3n) is 3.44. The van der Waals surface area contributed by atoms with Crippen LogP contribution in [0.25, 0.3) is 0 Å². The molecule has 3 N–H and O–H groups in total. The molecule has 0 aliphatic rings. The van der Waals surface area contributed by atoms with Crippen LogP contribution in [0.4, 0.5) is 24.5 Å². The van der Waals surface area contributed by atoms with E-state index in [-0.39, 0.29) is 24.6 Å². The normalized spacial score (nSPS) is 12.5. The number of rotatable bonds is 8. The van der Waals surface area contributed by atoms with E-state index < -0.39 is 40.3 Å². The maximum atomic E-state index is 12.6. The largest absolute Gasteiger partial charge is 0.480 e. The van der Waals surface area contributed by atoms with Crippen LogP contribution >= 0.6 is 0 Å². The fraction of sp³-hybridized carbons (Fsp3) is 0.467. The predicted octanol–water partition coefficient (Wildman–Crippen LogP) is 2.64. The molecule has 1 amide bonds. The molecule has 0 unspecified atom stereocenters. The number of hydrogen-bond acceptors (Lipinski definition) is 5. The molecule has 0 aliphatic carbocycles. The molecule has 0 spiro atoms. The van der Waals surface area contributed by atoms with Crippen LogP contribution in [-0.4, -0.2) is 34.5 Å². The molecule has 1 rings (SSSR count). The number of carbonyl (C=O) groups is 2. The third-order valence-corrected chi connectivity index (χ3v) is 3.44. The number of carbonyl (C=O) groups excluding carboxylic acids is 1. The Morgan fingerprint density at radius 2 is 1.92 bits per heavy atom. The van der Waals surface area contributed by atoms with Gasteiger partial charge in [-0.2, -0.15) is 13.2 Å². The van der Waals surface area contributed by atoms with Gasteiger partial charge in [0.1, 0.15) is 11.7 Å². The van der Waals surface area contributed by atoms with Crippen molar-refractivity contribution in [3.63, 3.8) is 0 Å². The van der Waals surface area contributed by atoms with Gasteiger partial charge in [0.25, 0.3) is 5.69 Å². The van der Waals surface area contributed by atoms with Gasteiger partial charge in [0.15, 0.2) is 0 Å². The predicted molar refractivity (Wildman–Crippen MR) is 85.6 cm³/mol. The first-order valence-electron chi connectivity index (χ1n) is 7.55. The highest BCUT2D eigenvalue weighted by molar-refractivity contribution is 5.84. The molecule has 0 heterocycles. The SMILES string of the molecule is CC(C)[C@H](NC(=O)CCNc1ccc(C(F)(F)F)cc1[N+](=O)[O-])C(=O)O.